The van der Waals surface area contributed by atoms with Gasteiger partial charge in [-0.1, -0.05) is 63.6 Å². The van der Waals surface area contributed by atoms with Crippen molar-refractivity contribution >= 4 is 27.3 Å². The zero-order chi connectivity index (χ0) is 18.8. The molecule has 0 spiro atoms. The minimum absolute atomic E-state index is 0.336. The number of rotatable bonds is 5. The zero-order valence-corrected chi connectivity index (χ0v) is 17.0. The number of thiazole rings is 1. The van der Waals surface area contributed by atoms with Gasteiger partial charge in [0.15, 0.2) is 0 Å². The molecule has 2 aromatic heterocycles. The van der Waals surface area contributed by atoms with E-state index in [4.69, 9.17) is 0 Å². The number of hydrogen-bond donors (Lipinski definition) is 1. The van der Waals surface area contributed by atoms with Crippen LogP contribution < -0.4 is 0 Å². The molecule has 5 nitrogen and oxygen atoms in total. The Balaban J connectivity index is 1.53. The van der Waals surface area contributed by atoms with E-state index >= 15 is 0 Å². The molecule has 0 amide bonds. The lowest BCUT2D eigenvalue weighted by atomic mass is 10.2. The summed E-state index contributed by atoms with van der Waals surface area (Å²) in [5, 5.41) is 20.0. The number of hydrogen-bond acceptors (Lipinski definition) is 5. The molecule has 1 unspecified atom stereocenters. The molecule has 0 bridgehead atoms. The van der Waals surface area contributed by atoms with Gasteiger partial charge in [-0.15, -0.1) is 16.4 Å². The minimum Gasteiger partial charge on any atom is -0.386 e. The van der Waals surface area contributed by atoms with Crippen LogP contribution in [0.2, 0.25) is 0 Å². The van der Waals surface area contributed by atoms with Crippen LogP contribution in [0, 0.1) is 6.92 Å². The van der Waals surface area contributed by atoms with E-state index in [0.717, 1.165) is 36.9 Å². The number of aryl methyl sites for hydroxylation is 1. The summed E-state index contributed by atoms with van der Waals surface area (Å²) >= 11 is 4.96. The topological polar surface area (TPSA) is 63.8 Å². The Kier molecular flexibility index (Phi) is 5.15. The van der Waals surface area contributed by atoms with E-state index in [1.165, 1.54) is 11.3 Å². The van der Waals surface area contributed by atoms with Crippen molar-refractivity contribution in [2.24, 2.45) is 0 Å². The smallest absolute Gasteiger partial charge is 0.123 e. The van der Waals surface area contributed by atoms with Crippen molar-refractivity contribution in [1.29, 1.82) is 0 Å². The summed E-state index contributed by atoms with van der Waals surface area (Å²) in [6.45, 7) is 2.26. The molecular formula is C20H17BrN4OS. The third-order valence-corrected chi connectivity index (χ3v) is 6.03. The first-order chi connectivity index (χ1) is 13.1. The van der Waals surface area contributed by atoms with E-state index in [-0.39, 0.29) is 0 Å². The maximum Gasteiger partial charge on any atom is 0.123 e. The number of nitrogens with zero attached hydrogens (tertiary/aromatic N) is 4. The zero-order valence-electron chi connectivity index (χ0n) is 14.6. The fourth-order valence-corrected chi connectivity index (χ4v) is 4.14. The van der Waals surface area contributed by atoms with E-state index in [1.54, 1.807) is 4.68 Å². The van der Waals surface area contributed by atoms with Crippen LogP contribution in [0.5, 0.6) is 0 Å². The predicted octanol–water partition coefficient (Wildman–Crippen LogP) is 4.87. The summed E-state index contributed by atoms with van der Waals surface area (Å²) < 4.78 is 2.70. The molecule has 2 heterocycles. The fraction of sp³-hybridized carbons (Fsp3) is 0.150. The third kappa shape index (κ3) is 4.00. The van der Waals surface area contributed by atoms with E-state index in [0.29, 0.717) is 6.54 Å². The van der Waals surface area contributed by atoms with E-state index in [1.807, 2.05) is 67.7 Å². The second-order valence-electron chi connectivity index (χ2n) is 6.18. The number of aliphatic hydroxyl groups excluding tert-OH is 1. The third-order valence-electron chi connectivity index (χ3n) is 4.19. The monoisotopic (exact) mass is 440 g/mol. The van der Waals surface area contributed by atoms with Crippen LogP contribution in [0.25, 0.3) is 21.8 Å². The lowest BCUT2D eigenvalue weighted by molar-refractivity contribution is 0.153. The highest BCUT2D eigenvalue weighted by Crippen LogP contribution is 2.33. The highest BCUT2D eigenvalue weighted by molar-refractivity contribution is 9.10. The normalized spacial score (nSPS) is 12.3. The predicted molar refractivity (Wildman–Crippen MR) is 110 cm³/mol. The van der Waals surface area contributed by atoms with Gasteiger partial charge < -0.3 is 5.11 Å². The Morgan fingerprint density at radius 3 is 2.56 bits per heavy atom. The molecule has 136 valence electrons. The molecule has 27 heavy (non-hydrogen) atoms. The quantitative estimate of drug-likeness (QED) is 0.480. The van der Waals surface area contributed by atoms with Gasteiger partial charge in [0.2, 0.25) is 0 Å². The summed E-state index contributed by atoms with van der Waals surface area (Å²) in [6, 6.07) is 17.9. The van der Waals surface area contributed by atoms with Gasteiger partial charge in [-0.05, 0) is 19.1 Å². The molecule has 0 fully saturated rings. The second-order valence-corrected chi connectivity index (χ2v) is 8.13. The number of aromatic nitrogens is 4. The molecule has 0 aliphatic rings. The molecule has 0 aliphatic heterocycles. The van der Waals surface area contributed by atoms with Gasteiger partial charge in [0.05, 0.1) is 23.3 Å². The molecule has 0 radical (unpaired) electrons. The van der Waals surface area contributed by atoms with Crippen LogP contribution in [0.3, 0.4) is 0 Å². The number of aliphatic hydroxyl groups is 1. The highest BCUT2D eigenvalue weighted by atomic mass is 79.9. The van der Waals surface area contributed by atoms with Gasteiger partial charge in [-0.25, -0.2) is 9.67 Å². The van der Waals surface area contributed by atoms with Crippen molar-refractivity contribution in [3.05, 3.63) is 75.8 Å². The summed E-state index contributed by atoms with van der Waals surface area (Å²) in [5.74, 6) is 0. The lowest BCUT2D eigenvalue weighted by Gasteiger charge is -2.08. The van der Waals surface area contributed by atoms with E-state index < -0.39 is 6.10 Å². The van der Waals surface area contributed by atoms with Gasteiger partial charge in [-0.2, -0.15) is 0 Å². The average Bonchev–Trinajstić information content (AvgIpc) is 3.30. The summed E-state index contributed by atoms with van der Waals surface area (Å²) in [7, 11) is 0. The first-order valence-corrected chi connectivity index (χ1v) is 10.1. The molecule has 0 saturated heterocycles. The first kappa shape index (κ1) is 18.0. The van der Waals surface area contributed by atoms with Crippen LogP contribution >= 0.6 is 27.3 Å². The van der Waals surface area contributed by atoms with Crippen LogP contribution in [-0.2, 0) is 6.54 Å². The van der Waals surface area contributed by atoms with Gasteiger partial charge in [0, 0.05) is 15.6 Å². The van der Waals surface area contributed by atoms with Crippen LogP contribution in [0.15, 0.2) is 65.3 Å². The van der Waals surface area contributed by atoms with Crippen molar-refractivity contribution in [3.63, 3.8) is 0 Å². The van der Waals surface area contributed by atoms with E-state index in [9.17, 15) is 5.11 Å². The molecule has 0 aliphatic carbocycles. The maximum absolute atomic E-state index is 10.7. The second kappa shape index (κ2) is 7.72. The molecular weight excluding hydrogens is 424 g/mol. The molecule has 4 aromatic rings. The average molecular weight is 441 g/mol. The van der Waals surface area contributed by atoms with E-state index in [2.05, 4.69) is 31.2 Å². The Hall–Kier alpha value is -2.35. The largest absolute Gasteiger partial charge is 0.386 e. The Bertz CT molecular complexity index is 1040. The Morgan fingerprint density at radius 1 is 1.07 bits per heavy atom. The van der Waals surface area contributed by atoms with Crippen molar-refractivity contribution in [1.82, 2.24) is 20.0 Å². The van der Waals surface area contributed by atoms with Crippen molar-refractivity contribution < 1.29 is 5.11 Å². The number of halogens is 1. The van der Waals surface area contributed by atoms with Crippen LogP contribution in [0.1, 0.15) is 16.7 Å². The van der Waals surface area contributed by atoms with Gasteiger partial charge >= 0.3 is 0 Å². The summed E-state index contributed by atoms with van der Waals surface area (Å²) in [5.41, 5.74) is 3.68. The summed E-state index contributed by atoms with van der Waals surface area (Å²) in [6.07, 6.45) is 1.17. The molecule has 4 rings (SSSR count). The molecule has 7 heteroatoms. The summed E-state index contributed by atoms with van der Waals surface area (Å²) in [4.78, 5) is 5.48. The molecule has 0 saturated carbocycles. The molecule has 1 atom stereocenters. The van der Waals surface area contributed by atoms with Gasteiger partial charge in [0.25, 0.3) is 0 Å². The lowest BCUT2D eigenvalue weighted by Crippen LogP contribution is -2.09. The van der Waals surface area contributed by atoms with Crippen LogP contribution in [-0.4, -0.2) is 25.1 Å². The maximum atomic E-state index is 10.7. The molecule has 1 N–H and O–H groups in total. The van der Waals surface area contributed by atoms with Gasteiger partial charge in [0.1, 0.15) is 16.8 Å². The highest BCUT2D eigenvalue weighted by Gasteiger charge is 2.18. The van der Waals surface area contributed by atoms with Crippen molar-refractivity contribution in [2.45, 2.75) is 19.6 Å². The first-order valence-electron chi connectivity index (χ1n) is 8.47. The molecule has 2 aromatic carbocycles. The Labute approximate surface area is 169 Å². The van der Waals surface area contributed by atoms with Crippen LogP contribution in [0.4, 0.5) is 0 Å². The fourth-order valence-electron chi connectivity index (χ4n) is 2.82. The standard InChI is InChI=1S/C20H17BrN4OS/c1-13-19(27-20(22-13)15-7-9-16(21)10-8-15)18(26)12-25-11-17(23-24-25)14-5-3-2-4-6-14/h2-11,18,26H,12H2,1H3. The SMILES string of the molecule is Cc1nc(-c2ccc(Br)cc2)sc1C(O)Cn1cc(-c2ccccc2)nn1. The van der Waals surface area contributed by atoms with Gasteiger partial charge in [-0.3, -0.25) is 0 Å². The Morgan fingerprint density at radius 2 is 1.81 bits per heavy atom. The minimum atomic E-state index is -0.683. The van der Waals surface area contributed by atoms with Crippen molar-refractivity contribution in [2.75, 3.05) is 0 Å². The van der Waals surface area contributed by atoms with Crippen molar-refractivity contribution in [3.8, 4) is 21.8 Å². The number of benzene rings is 2.